The summed E-state index contributed by atoms with van der Waals surface area (Å²) in [7, 11) is 6.73. The van der Waals surface area contributed by atoms with Crippen molar-refractivity contribution in [1.82, 2.24) is 9.97 Å². The van der Waals surface area contributed by atoms with Gasteiger partial charge < -0.3 is 20.9 Å². The molecule has 0 aliphatic carbocycles. The van der Waals surface area contributed by atoms with Gasteiger partial charge >= 0.3 is 36.7 Å². The summed E-state index contributed by atoms with van der Waals surface area (Å²) < 4.78 is 36.6. The zero-order valence-corrected chi connectivity index (χ0v) is 17.0. The first-order valence-electron chi connectivity index (χ1n) is 6.86. The van der Waals surface area contributed by atoms with Crippen molar-refractivity contribution >= 4 is 59.7 Å². The Hall–Kier alpha value is -2.61. The van der Waals surface area contributed by atoms with Crippen LogP contribution in [0.1, 0.15) is 21.0 Å². The van der Waals surface area contributed by atoms with Gasteiger partial charge in [0.05, 0.1) is 31.8 Å². The van der Waals surface area contributed by atoms with Gasteiger partial charge in [-0.05, 0) is 15.9 Å². The second-order valence-corrected chi connectivity index (χ2v) is 5.37. The third kappa shape index (κ3) is 7.96. The fourth-order valence-corrected chi connectivity index (χ4v) is 1.75. The van der Waals surface area contributed by atoms with E-state index < -0.39 is 23.6 Å². The molecule has 2 aromatic heterocycles. The second kappa shape index (κ2) is 12.7. The molecule has 0 fully saturated rings. The minimum atomic E-state index is -0.696. The van der Waals surface area contributed by atoms with Crippen LogP contribution >= 0.6 is 28.7 Å². The van der Waals surface area contributed by atoms with Gasteiger partial charge in [0.25, 0.3) is 0 Å². The van der Waals surface area contributed by atoms with E-state index in [1.807, 2.05) is 0 Å². The number of halogens is 3. The third-order valence-corrected chi connectivity index (χ3v) is 3.16. The number of hydrogen-bond acceptors (Lipinski definition) is 10. The Labute approximate surface area is 173 Å². The molecule has 4 N–H and O–H groups in total. The predicted octanol–water partition coefficient (Wildman–Crippen LogP) is 2.12. The Morgan fingerprint density at radius 3 is 2.07 bits per heavy atom. The molecule has 0 spiro atoms. The van der Waals surface area contributed by atoms with Gasteiger partial charge in [0.15, 0.2) is 17.2 Å². The van der Waals surface area contributed by atoms with Crippen LogP contribution < -0.4 is 11.5 Å². The first-order valence-corrected chi connectivity index (χ1v) is 8.05. The second-order valence-electron chi connectivity index (χ2n) is 4.39. The summed E-state index contributed by atoms with van der Waals surface area (Å²) >= 11 is 6.02. The molecule has 1 radical (unpaired) electrons. The number of carbonyl (C=O) groups is 2. The van der Waals surface area contributed by atoms with E-state index in [4.69, 9.17) is 11.5 Å². The zero-order valence-electron chi connectivity index (χ0n) is 14.5. The Bertz CT molecular complexity index is 863. The number of nitrogen functional groups attached to an aromatic ring is 2. The summed E-state index contributed by atoms with van der Waals surface area (Å²) in [5.41, 5.74) is 10.4. The summed E-state index contributed by atoms with van der Waals surface area (Å²) in [5, 5.41) is 0. The molecule has 0 amide bonds. The molecule has 2 aromatic rings. The molecule has 2 heterocycles. The van der Waals surface area contributed by atoms with Crippen molar-refractivity contribution in [2.45, 2.75) is 0 Å². The Balaban J connectivity index is 0.000000458. The number of nitrogens with two attached hydrogens (primary N) is 2. The van der Waals surface area contributed by atoms with E-state index in [1.54, 1.807) is 0 Å². The summed E-state index contributed by atoms with van der Waals surface area (Å²) in [6, 6.07) is 2.02. The summed E-state index contributed by atoms with van der Waals surface area (Å²) in [6.45, 7) is 0. The third-order valence-electron chi connectivity index (χ3n) is 2.60. The monoisotopic (exact) mass is 476 g/mol. The Kier molecular flexibility index (Phi) is 11.5. The average Bonchev–Trinajstić information content (AvgIpc) is 2.64. The van der Waals surface area contributed by atoms with Gasteiger partial charge in [-0.1, -0.05) is 0 Å². The van der Waals surface area contributed by atoms with Gasteiger partial charge in [0.2, 0.25) is 0 Å². The van der Waals surface area contributed by atoms with Crippen LogP contribution in [0.25, 0.3) is 0 Å². The van der Waals surface area contributed by atoms with Gasteiger partial charge in [-0.3, -0.25) is 0 Å². The molecular formula is C14H14BBrF2N5O4S. The van der Waals surface area contributed by atoms with Gasteiger partial charge in [-0.2, -0.15) is 0 Å². The van der Waals surface area contributed by atoms with E-state index in [0.29, 0.717) is 0 Å². The van der Waals surface area contributed by atoms with Gasteiger partial charge in [0.1, 0.15) is 10.4 Å². The van der Waals surface area contributed by atoms with Crippen LogP contribution in [0.2, 0.25) is 0 Å². The standard InChI is InChI=1S/C7H6BrFN2O2.C7H7FN2O2.BHNS/c1-13-7(12)5-4(10)2-3(9)6(8)11-5;1-12-7(11)6-5(9)2-4(8)3-10-6;1-2-3/h2H,10H2,1H3;2-3H,9H2,1H3;3H. The topological polar surface area (TPSA) is 143 Å². The van der Waals surface area contributed by atoms with E-state index in [1.165, 1.54) is 14.2 Å². The molecule has 28 heavy (non-hydrogen) atoms. The molecule has 0 aromatic carbocycles. The van der Waals surface area contributed by atoms with E-state index in [2.05, 4.69) is 60.1 Å². The molecule has 0 saturated heterocycles. The molecule has 0 aliphatic heterocycles. The minimum absolute atomic E-state index is 0.0261. The van der Waals surface area contributed by atoms with Crippen LogP contribution in [-0.4, -0.2) is 43.8 Å². The number of carbonyl (C=O) groups excluding carboxylic acids is 2. The number of pyridine rings is 2. The van der Waals surface area contributed by atoms with Crippen LogP contribution in [0.5, 0.6) is 0 Å². The molecule has 0 bridgehead atoms. The fraction of sp³-hybridized carbons (Fsp3) is 0.143. The maximum atomic E-state index is 12.8. The number of methoxy groups -OCH3 is 2. The fourth-order valence-electron chi connectivity index (χ4n) is 1.46. The maximum absolute atomic E-state index is 12.8. The van der Waals surface area contributed by atoms with Crippen LogP contribution in [0, 0.1) is 11.6 Å². The number of aromatic nitrogens is 2. The molecule has 0 saturated carbocycles. The number of esters is 2. The van der Waals surface area contributed by atoms with Gasteiger partial charge in [-0.15, -0.1) is 0 Å². The van der Waals surface area contributed by atoms with Crippen LogP contribution in [-0.2, 0) is 9.47 Å². The summed E-state index contributed by atoms with van der Waals surface area (Å²) in [4.78, 5) is 28.9. The van der Waals surface area contributed by atoms with Gasteiger partial charge in [-0.25, -0.2) is 28.3 Å². The quantitative estimate of drug-likeness (QED) is 0.259. The number of hydrogen-bond donors (Lipinski definition) is 3. The van der Waals surface area contributed by atoms with E-state index in [0.717, 1.165) is 18.3 Å². The van der Waals surface area contributed by atoms with Crippen molar-refractivity contribution in [3.05, 3.63) is 46.0 Å². The normalized spacial score (nSPS) is 9.04. The van der Waals surface area contributed by atoms with Crippen molar-refractivity contribution in [3.8, 4) is 0 Å². The predicted molar refractivity (Wildman–Crippen MR) is 105 cm³/mol. The van der Waals surface area contributed by atoms with E-state index >= 15 is 0 Å². The van der Waals surface area contributed by atoms with E-state index in [-0.39, 0.29) is 27.4 Å². The van der Waals surface area contributed by atoms with E-state index in [9.17, 15) is 18.4 Å². The molecule has 2 rings (SSSR count). The molecule has 0 aliphatic rings. The SMILES string of the molecule is COC(=O)c1nc(Br)c(F)cc1N.COC(=O)c1ncc(F)cc1N.[B]=NS. The molecule has 0 unspecified atom stereocenters. The molecule has 149 valence electrons. The summed E-state index contributed by atoms with van der Waals surface area (Å²) in [5.74, 6) is -2.57. The van der Waals surface area contributed by atoms with Crippen molar-refractivity contribution < 1.29 is 27.8 Å². The zero-order chi connectivity index (χ0) is 21.9. The van der Waals surface area contributed by atoms with Gasteiger partial charge in [0, 0.05) is 12.1 Å². The molecule has 0 atom stereocenters. The number of rotatable bonds is 2. The van der Waals surface area contributed by atoms with Crippen LogP contribution in [0.15, 0.2) is 27.2 Å². The van der Waals surface area contributed by atoms with Crippen molar-refractivity contribution in [2.75, 3.05) is 25.7 Å². The number of nitrogens with zero attached hydrogens (tertiary/aromatic N) is 3. The van der Waals surface area contributed by atoms with Crippen molar-refractivity contribution in [1.29, 1.82) is 0 Å². The Morgan fingerprint density at radius 1 is 1.14 bits per heavy atom. The molecule has 14 heteroatoms. The summed E-state index contributed by atoms with van der Waals surface area (Å²) in [6.07, 6.45) is 0.905. The van der Waals surface area contributed by atoms with Crippen molar-refractivity contribution in [2.24, 2.45) is 4.30 Å². The van der Waals surface area contributed by atoms with Crippen LogP contribution in [0.4, 0.5) is 20.2 Å². The number of ether oxygens (including phenoxy) is 2. The average molecular weight is 477 g/mol. The first kappa shape index (κ1) is 25.4. The molecule has 9 nitrogen and oxygen atoms in total. The number of anilines is 2. The molecular weight excluding hydrogens is 463 g/mol. The number of thiol groups is 1. The van der Waals surface area contributed by atoms with Crippen LogP contribution in [0.3, 0.4) is 0 Å². The first-order chi connectivity index (χ1) is 13.1. The van der Waals surface area contributed by atoms with Crippen molar-refractivity contribution in [3.63, 3.8) is 0 Å². The Morgan fingerprint density at radius 2 is 1.61 bits per heavy atom.